The highest BCUT2D eigenvalue weighted by Crippen LogP contribution is 2.43. The molecule has 1 saturated heterocycles. The van der Waals surface area contributed by atoms with E-state index in [0.29, 0.717) is 17.2 Å². The Bertz CT molecular complexity index is 537. The van der Waals surface area contributed by atoms with Crippen LogP contribution < -0.4 is 4.74 Å². The fourth-order valence-electron chi connectivity index (χ4n) is 3.09. The van der Waals surface area contributed by atoms with Crippen LogP contribution in [0.15, 0.2) is 24.3 Å². The standard InChI is InChI=1S/C17H23ClO3/c1-11(20-13-8-6-7-12(18)9-13)15(19)14-10-16(2,3)21-17(14,4)5/h6-9,11,14H,10H2,1-5H3. The Morgan fingerprint density at radius 1 is 1.38 bits per heavy atom. The molecule has 0 N–H and O–H groups in total. The zero-order valence-corrected chi connectivity index (χ0v) is 14.0. The van der Waals surface area contributed by atoms with Crippen molar-refractivity contribution in [2.75, 3.05) is 0 Å². The number of hydrogen-bond donors (Lipinski definition) is 0. The molecular weight excluding hydrogens is 288 g/mol. The first-order valence-electron chi connectivity index (χ1n) is 7.27. The molecule has 4 heteroatoms. The third-order valence-electron chi connectivity index (χ3n) is 3.93. The van der Waals surface area contributed by atoms with Gasteiger partial charge < -0.3 is 9.47 Å². The number of Topliss-reactive ketones (excluding diaryl/α,β-unsaturated/α-hetero) is 1. The van der Waals surface area contributed by atoms with E-state index in [9.17, 15) is 4.79 Å². The summed E-state index contributed by atoms with van der Waals surface area (Å²) >= 11 is 5.93. The fourth-order valence-corrected chi connectivity index (χ4v) is 3.27. The molecule has 21 heavy (non-hydrogen) atoms. The van der Waals surface area contributed by atoms with Gasteiger partial charge in [0.2, 0.25) is 0 Å². The zero-order valence-electron chi connectivity index (χ0n) is 13.3. The predicted octanol–water partition coefficient (Wildman–Crippen LogP) is 4.27. The number of benzene rings is 1. The van der Waals surface area contributed by atoms with Crippen LogP contribution in [0.2, 0.25) is 5.02 Å². The van der Waals surface area contributed by atoms with Crippen molar-refractivity contribution in [2.24, 2.45) is 5.92 Å². The lowest BCUT2D eigenvalue weighted by Gasteiger charge is -2.28. The van der Waals surface area contributed by atoms with Crippen LogP contribution in [0.25, 0.3) is 0 Å². The molecule has 0 saturated carbocycles. The van der Waals surface area contributed by atoms with Crippen molar-refractivity contribution in [1.82, 2.24) is 0 Å². The van der Waals surface area contributed by atoms with Crippen molar-refractivity contribution in [3.05, 3.63) is 29.3 Å². The first-order valence-corrected chi connectivity index (χ1v) is 7.65. The summed E-state index contributed by atoms with van der Waals surface area (Å²) in [4.78, 5) is 12.7. The lowest BCUT2D eigenvalue weighted by molar-refractivity contribution is -0.135. The second-order valence-electron chi connectivity index (χ2n) is 6.84. The third-order valence-corrected chi connectivity index (χ3v) is 4.16. The van der Waals surface area contributed by atoms with Gasteiger partial charge in [-0.05, 0) is 59.2 Å². The van der Waals surface area contributed by atoms with Crippen molar-refractivity contribution in [1.29, 1.82) is 0 Å². The average molecular weight is 311 g/mol. The molecule has 1 aromatic rings. The number of ether oxygens (including phenoxy) is 2. The normalized spacial score (nSPS) is 24.6. The van der Waals surface area contributed by atoms with Gasteiger partial charge in [0.25, 0.3) is 0 Å². The summed E-state index contributed by atoms with van der Waals surface area (Å²) in [6, 6.07) is 7.10. The molecule has 0 aromatic heterocycles. The quantitative estimate of drug-likeness (QED) is 0.833. The van der Waals surface area contributed by atoms with Crippen LogP contribution in [0.4, 0.5) is 0 Å². The molecule has 0 amide bonds. The molecule has 1 aliphatic heterocycles. The number of carbonyl (C=O) groups excluding carboxylic acids is 1. The van der Waals surface area contributed by atoms with Gasteiger partial charge in [-0.3, -0.25) is 4.79 Å². The van der Waals surface area contributed by atoms with E-state index < -0.39 is 11.7 Å². The number of halogens is 1. The Balaban J connectivity index is 2.09. The van der Waals surface area contributed by atoms with E-state index in [-0.39, 0.29) is 17.3 Å². The molecule has 1 fully saturated rings. The smallest absolute Gasteiger partial charge is 0.179 e. The second-order valence-corrected chi connectivity index (χ2v) is 7.28. The van der Waals surface area contributed by atoms with Crippen molar-refractivity contribution in [3.8, 4) is 5.75 Å². The molecule has 0 spiro atoms. The van der Waals surface area contributed by atoms with Crippen LogP contribution in [0.1, 0.15) is 41.0 Å². The van der Waals surface area contributed by atoms with Crippen molar-refractivity contribution >= 4 is 17.4 Å². The van der Waals surface area contributed by atoms with Crippen LogP contribution >= 0.6 is 11.6 Å². The molecule has 116 valence electrons. The predicted molar refractivity (Wildman–Crippen MR) is 83.9 cm³/mol. The van der Waals surface area contributed by atoms with Gasteiger partial charge in [-0.15, -0.1) is 0 Å². The lowest BCUT2D eigenvalue weighted by Crippen LogP contribution is -2.40. The Morgan fingerprint density at radius 2 is 2.05 bits per heavy atom. The van der Waals surface area contributed by atoms with Crippen molar-refractivity contribution in [2.45, 2.75) is 58.3 Å². The molecule has 3 nitrogen and oxygen atoms in total. The third kappa shape index (κ3) is 3.78. The molecular formula is C17H23ClO3. The molecule has 0 aliphatic carbocycles. The van der Waals surface area contributed by atoms with Gasteiger partial charge in [-0.25, -0.2) is 0 Å². The van der Waals surface area contributed by atoms with Gasteiger partial charge in [-0.1, -0.05) is 17.7 Å². The van der Waals surface area contributed by atoms with Gasteiger partial charge in [0.05, 0.1) is 17.1 Å². The maximum absolute atomic E-state index is 12.7. The first kappa shape index (κ1) is 16.3. The average Bonchev–Trinajstić information content (AvgIpc) is 2.56. The Labute approximate surface area is 131 Å². The first-order chi connectivity index (χ1) is 9.61. The summed E-state index contributed by atoms with van der Waals surface area (Å²) in [6.45, 7) is 9.76. The van der Waals surface area contributed by atoms with Gasteiger partial charge in [0.1, 0.15) is 5.75 Å². The highest BCUT2D eigenvalue weighted by Gasteiger charge is 2.50. The van der Waals surface area contributed by atoms with Crippen LogP contribution in [0, 0.1) is 5.92 Å². The van der Waals surface area contributed by atoms with Crippen LogP contribution in [-0.4, -0.2) is 23.1 Å². The monoisotopic (exact) mass is 310 g/mol. The minimum atomic E-state index is -0.523. The number of carbonyl (C=O) groups is 1. The number of rotatable bonds is 4. The van der Waals surface area contributed by atoms with E-state index in [0.717, 1.165) is 0 Å². The minimum absolute atomic E-state index is 0.0746. The van der Waals surface area contributed by atoms with E-state index >= 15 is 0 Å². The Morgan fingerprint density at radius 3 is 2.57 bits per heavy atom. The molecule has 0 bridgehead atoms. The van der Waals surface area contributed by atoms with E-state index in [1.54, 1.807) is 31.2 Å². The van der Waals surface area contributed by atoms with Crippen molar-refractivity contribution < 1.29 is 14.3 Å². The Kier molecular flexibility index (Phi) is 4.36. The molecule has 1 aliphatic rings. The largest absolute Gasteiger partial charge is 0.483 e. The SMILES string of the molecule is CC(Oc1cccc(Cl)c1)C(=O)C1CC(C)(C)OC1(C)C. The minimum Gasteiger partial charge on any atom is -0.483 e. The molecule has 2 rings (SSSR count). The summed E-state index contributed by atoms with van der Waals surface area (Å²) in [5.74, 6) is 0.520. The fraction of sp³-hybridized carbons (Fsp3) is 0.588. The highest BCUT2D eigenvalue weighted by atomic mass is 35.5. The molecule has 1 aromatic carbocycles. The van der Waals surface area contributed by atoms with Crippen LogP contribution in [0.3, 0.4) is 0 Å². The maximum Gasteiger partial charge on any atom is 0.179 e. The van der Waals surface area contributed by atoms with Crippen molar-refractivity contribution in [3.63, 3.8) is 0 Å². The Hall–Kier alpha value is -1.06. The summed E-state index contributed by atoms with van der Waals surface area (Å²) in [7, 11) is 0. The van der Waals surface area contributed by atoms with Gasteiger partial charge in [0, 0.05) is 5.02 Å². The summed E-state index contributed by atoms with van der Waals surface area (Å²) in [5.41, 5.74) is -0.744. The second kappa shape index (κ2) is 5.62. The van der Waals surface area contributed by atoms with Gasteiger partial charge in [-0.2, -0.15) is 0 Å². The number of hydrogen-bond acceptors (Lipinski definition) is 3. The summed E-state index contributed by atoms with van der Waals surface area (Å²) < 4.78 is 11.7. The number of ketones is 1. The van der Waals surface area contributed by atoms with Crippen LogP contribution in [-0.2, 0) is 9.53 Å². The molecule has 2 unspecified atom stereocenters. The van der Waals surface area contributed by atoms with Gasteiger partial charge in [0.15, 0.2) is 11.9 Å². The molecule has 2 atom stereocenters. The summed E-state index contributed by atoms with van der Waals surface area (Å²) in [5, 5.41) is 0.595. The molecule has 0 radical (unpaired) electrons. The van der Waals surface area contributed by atoms with E-state index in [1.165, 1.54) is 0 Å². The lowest BCUT2D eigenvalue weighted by atomic mass is 9.82. The topological polar surface area (TPSA) is 35.5 Å². The summed E-state index contributed by atoms with van der Waals surface area (Å²) in [6.07, 6.45) is 0.187. The van der Waals surface area contributed by atoms with Crippen LogP contribution in [0.5, 0.6) is 5.75 Å². The van der Waals surface area contributed by atoms with E-state index in [2.05, 4.69) is 0 Å². The van der Waals surface area contributed by atoms with E-state index in [1.807, 2.05) is 27.7 Å². The molecule has 1 heterocycles. The van der Waals surface area contributed by atoms with Gasteiger partial charge >= 0.3 is 0 Å². The highest BCUT2D eigenvalue weighted by molar-refractivity contribution is 6.30. The van der Waals surface area contributed by atoms with E-state index in [4.69, 9.17) is 21.1 Å². The zero-order chi connectivity index (χ0) is 15.8. The maximum atomic E-state index is 12.7.